The molecule has 0 saturated heterocycles. The summed E-state index contributed by atoms with van der Waals surface area (Å²) in [4.78, 5) is 0. The quantitative estimate of drug-likeness (QED) is 0.656. The van der Waals surface area contributed by atoms with E-state index in [1.165, 1.54) is 5.56 Å². The molecule has 20 heavy (non-hydrogen) atoms. The number of nitrogens with two attached hydrogens (primary N) is 1. The normalized spacial score (nSPS) is 15.1. The van der Waals surface area contributed by atoms with E-state index < -0.39 is 0 Å². The lowest BCUT2D eigenvalue weighted by atomic mass is 10.00. The summed E-state index contributed by atoms with van der Waals surface area (Å²) >= 11 is 1.73. The Labute approximate surface area is 122 Å². The zero-order chi connectivity index (χ0) is 13.8. The fraction of sp³-hybridized carbons (Fsp3) is 0.333. The van der Waals surface area contributed by atoms with Crippen LogP contribution in [0.2, 0.25) is 0 Å². The highest BCUT2D eigenvalue weighted by molar-refractivity contribution is 7.07. The second kappa shape index (κ2) is 6.26. The molecule has 0 spiro atoms. The molecule has 1 aliphatic rings. The van der Waals surface area contributed by atoms with Crippen molar-refractivity contribution >= 4 is 11.3 Å². The number of benzene rings is 1. The monoisotopic (exact) mass is 290 g/mol. The Morgan fingerprint density at radius 1 is 1.20 bits per heavy atom. The lowest BCUT2D eigenvalue weighted by Crippen LogP contribution is -2.28. The second-order valence-corrected chi connectivity index (χ2v) is 5.57. The van der Waals surface area contributed by atoms with E-state index in [9.17, 15) is 0 Å². The number of nitrogens with one attached hydrogen (secondary N) is 1. The van der Waals surface area contributed by atoms with E-state index in [1.807, 2.05) is 18.2 Å². The third kappa shape index (κ3) is 2.95. The van der Waals surface area contributed by atoms with Gasteiger partial charge in [-0.25, -0.2) is 0 Å². The van der Waals surface area contributed by atoms with Gasteiger partial charge in [0, 0.05) is 6.04 Å². The number of hydrogen-bond donors (Lipinski definition) is 2. The first-order valence-corrected chi connectivity index (χ1v) is 7.68. The summed E-state index contributed by atoms with van der Waals surface area (Å²) in [5.74, 6) is 7.32. The Morgan fingerprint density at radius 3 is 2.80 bits per heavy atom. The van der Waals surface area contributed by atoms with E-state index in [1.54, 1.807) is 11.3 Å². The molecule has 0 bridgehead atoms. The van der Waals surface area contributed by atoms with Gasteiger partial charge in [-0.15, -0.1) is 0 Å². The van der Waals surface area contributed by atoms with Gasteiger partial charge in [0.2, 0.25) is 0 Å². The third-order valence-corrected chi connectivity index (χ3v) is 4.20. The number of hydrogen-bond acceptors (Lipinski definition) is 5. The van der Waals surface area contributed by atoms with Crippen LogP contribution in [-0.2, 0) is 6.42 Å². The summed E-state index contributed by atoms with van der Waals surface area (Å²) in [7, 11) is 0. The Kier molecular flexibility index (Phi) is 4.20. The first-order valence-electron chi connectivity index (χ1n) is 6.73. The third-order valence-electron chi connectivity index (χ3n) is 3.47. The van der Waals surface area contributed by atoms with Crippen LogP contribution in [0.1, 0.15) is 23.6 Å². The number of fused-ring (bicyclic) bond motifs is 1. The van der Waals surface area contributed by atoms with Gasteiger partial charge in [-0.2, -0.15) is 11.3 Å². The zero-order valence-corrected chi connectivity index (χ0v) is 12.0. The molecular formula is C15H18N2O2S. The molecule has 0 fully saturated rings. The minimum Gasteiger partial charge on any atom is -0.486 e. The average Bonchev–Trinajstić information content (AvgIpc) is 3.01. The molecular weight excluding hydrogens is 272 g/mol. The van der Waals surface area contributed by atoms with Crippen LogP contribution in [-0.4, -0.2) is 13.2 Å². The number of aryl methyl sites for hydroxylation is 1. The standard InChI is InChI=1S/C15H18N2O2S/c16-17-13(3-1-11-5-8-20-10-11)12-2-4-14-15(9-12)19-7-6-18-14/h2,4-5,8-10,13,17H,1,3,6-7,16H2. The van der Waals surface area contributed by atoms with Crippen LogP contribution < -0.4 is 20.7 Å². The van der Waals surface area contributed by atoms with E-state index in [0.29, 0.717) is 13.2 Å². The molecule has 0 amide bonds. The SMILES string of the molecule is NNC(CCc1ccsc1)c1ccc2c(c1)OCCO2. The summed E-state index contributed by atoms with van der Waals surface area (Å²) in [6.45, 7) is 1.22. The summed E-state index contributed by atoms with van der Waals surface area (Å²) in [5.41, 5.74) is 5.38. The van der Waals surface area contributed by atoms with Crippen LogP contribution in [0.5, 0.6) is 11.5 Å². The molecule has 1 aromatic heterocycles. The largest absolute Gasteiger partial charge is 0.486 e. The number of rotatable bonds is 5. The zero-order valence-electron chi connectivity index (χ0n) is 11.2. The molecule has 0 aliphatic carbocycles. The second-order valence-electron chi connectivity index (χ2n) is 4.79. The van der Waals surface area contributed by atoms with Gasteiger partial charge in [0.25, 0.3) is 0 Å². The molecule has 1 unspecified atom stereocenters. The molecule has 1 aliphatic heterocycles. The van der Waals surface area contributed by atoms with Crippen molar-refractivity contribution in [1.29, 1.82) is 0 Å². The summed E-state index contributed by atoms with van der Waals surface area (Å²) in [6.07, 6.45) is 1.96. The van der Waals surface area contributed by atoms with Crippen molar-refractivity contribution in [3.63, 3.8) is 0 Å². The van der Waals surface area contributed by atoms with Gasteiger partial charge in [0.05, 0.1) is 0 Å². The van der Waals surface area contributed by atoms with Crippen molar-refractivity contribution in [3.8, 4) is 11.5 Å². The minimum atomic E-state index is 0.116. The van der Waals surface area contributed by atoms with Crippen molar-refractivity contribution in [2.24, 2.45) is 5.84 Å². The minimum absolute atomic E-state index is 0.116. The molecule has 0 saturated carbocycles. The van der Waals surface area contributed by atoms with Crippen molar-refractivity contribution in [3.05, 3.63) is 46.2 Å². The van der Waals surface area contributed by atoms with Gasteiger partial charge in [0.1, 0.15) is 13.2 Å². The van der Waals surface area contributed by atoms with E-state index in [4.69, 9.17) is 15.3 Å². The Balaban J connectivity index is 1.71. The maximum Gasteiger partial charge on any atom is 0.161 e. The molecule has 106 valence electrons. The first-order chi connectivity index (χ1) is 9.86. The first kappa shape index (κ1) is 13.4. The van der Waals surface area contributed by atoms with E-state index in [2.05, 4.69) is 22.3 Å². The van der Waals surface area contributed by atoms with Crippen LogP contribution in [0, 0.1) is 0 Å². The van der Waals surface area contributed by atoms with Crippen molar-refractivity contribution in [2.45, 2.75) is 18.9 Å². The maximum absolute atomic E-state index is 5.70. The molecule has 2 aromatic rings. The molecule has 3 rings (SSSR count). The Morgan fingerprint density at radius 2 is 2.05 bits per heavy atom. The molecule has 1 atom stereocenters. The van der Waals surface area contributed by atoms with Gasteiger partial charge >= 0.3 is 0 Å². The molecule has 2 heterocycles. The van der Waals surface area contributed by atoms with Gasteiger partial charge in [-0.3, -0.25) is 11.3 Å². The highest BCUT2D eigenvalue weighted by Gasteiger charge is 2.16. The lowest BCUT2D eigenvalue weighted by Gasteiger charge is -2.21. The van der Waals surface area contributed by atoms with Crippen LogP contribution in [0.25, 0.3) is 0 Å². The van der Waals surface area contributed by atoms with Crippen LogP contribution in [0.3, 0.4) is 0 Å². The predicted molar refractivity (Wildman–Crippen MR) is 80.1 cm³/mol. The van der Waals surface area contributed by atoms with E-state index in [-0.39, 0.29) is 6.04 Å². The fourth-order valence-corrected chi connectivity index (χ4v) is 3.07. The van der Waals surface area contributed by atoms with Crippen molar-refractivity contribution < 1.29 is 9.47 Å². The number of ether oxygens (including phenoxy) is 2. The lowest BCUT2D eigenvalue weighted by molar-refractivity contribution is 0.171. The number of hydrazine groups is 1. The van der Waals surface area contributed by atoms with Crippen molar-refractivity contribution in [1.82, 2.24) is 5.43 Å². The highest BCUT2D eigenvalue weighted by Crippen LogP contribution is 2.33. The van der Waals surface area contributed by atoms with Gasteiger partial charge in [0.15, 0.2) is 11.5 Å². The van der Waals surface area contributed by atoms with E-state index in [0.717, 1.165) is 29.9 Å². The summed E-state index contributed by atoms with van der Waals surface area (Å²) < 4.78 is 11.2. The average molecular weight is 290 g/mol. The fourth-order valence-electron chi connectivity index (χ4n) is 2.37. The molecule has 3 N–H and O–H groups in total. The molecule has 4 nitrogen and oxygen atoms in total. The smallest absolute Gasteiger partial charge is 0.161 e. The van der Waals surface area contributed by atoms with E-state index >= 15 is 0 Å². The Hall–Kier alpha value is -1.56. The maximum atomic E-state index is 5.70. The van der Waals surface area contributed by atoms with Crippen LogP contribution in [0.15, 0.2) is 35.0 Å². The summed E-state index contributed by atoms with van der Waals surface area (Å²) in [5, 5.41) is 4.28. The molecule has 5 heteroatoms. The highest BCUT2D eigenvalue weighted by atomic mass is 32.1. The molecule has 1 aromatic carbocycles. The van der Waals surface area contributed by atoms with Crippen molar-refractivity contribution in [2.75, 3.05) is 13.2 Å². The number of thiophene rings is 1. The van der Waals surface area contributed by atoms with Gasteiger partial charge in [-0.05, 0) is 52.9 Å². The summed E-state index contributed by atoms with van der Waals surface area (Å²) in [6, 6.07) is 8.30. The topological polar surface area (TPSA) is 56.5 Å². The predicted octanol–water partition coefficient (Wildman–Crippen LogP) is 2.66. The van der Waals surface area contributed by atoms with Crippen LogP contribution in [0.4, 0.5) is 0 Å². The Bertz CT molecular complexity index is 557. The molecule has 0 radical (unpaired) electrons. The van der Waals surface area contributed by atoms with Gasteiger partial charge < -0.3 is 9.47 Å². The van der Waals surface area contributed by atoms with Crippen LogP contribution >= 0.6 is 11.3 Å². The van der Waals surface area contributed by atoms with Gasteiger partial charge in [-0.1, -0.05) is 6.07 Å².